The maximum absolute atomic E-state index is 12.3. The van der Waals surface area contributed by atoms with Gasteiger partial charge in [0.25, 0.3) is 11.6 Å². The largest absolute Gasteiger partial charge is 0.490 e. The van der Waals surface area contributed by atoms with Gasteiger partial charge in [-0.1, -0.05) is 36.4 Å². The number of benzene rings is 3. The molecular weight excluding hydrogens is 418 g/mol. The molecule has 0 heterocycles. The highest BCUT2D eigenvalue weighted by atomic mass is 32.1. The number of para-hydroxylation sites is 2. The average molecular weight is 437 g/mol. The first kappa shape index (κ1) is 21.7. The molecule has 0 radical (unpaired) electrons. The molecule has 3 aromatic rings. The zero-order valence-corrected chi connectivity index (χ0v) is 17.1. The quantitative estimate of drug-likeness (QED) is 0.236. The van der Waals surface area contributed by atoms with Crippen LogP contribution < -0.4 is 20.1 Å². The zero-order chi connectivity index (χ0) is 22.1. The average Bonchev–Trinajstić information content (AvgIpc) is 2.77. The van der Waals surface area contributed by atoms with Crippen LogP contribution >= 0.6 is 12.2 Å². The van der Waals surface area contributed by atoms with Gasteiger partial charge < -0.3 is 14.8 Å². The lowest BCUT2D eigenvalue weighted by Crippen LogP contribution is -2.34. The maximum atomic E-state index is 12.3. The second kappa shape index (κ2) is 10.7. The summed E-state index contributed by atoms with van der Waals surface area (Å²) < 4.78 is 11.2. The van der Waals surface area contributed by atoms with Crippen LogP contribution in [0.15, 0.2) is 78.9 Å². The first-order chi connectivity index (χ1) is 15.0. The Bertz CT molecular complexity index is 1080. The summed E-state index contributed by atoms with van der Waals surface area (Å²) >= 11 is 5.15. The van der Waals surface area contributed by atoms with Crippen LogP contribution in [0.2, 0.25) is 0 Å². The van der Waals surface area contributed by atoms with Crippen LogP contribution in [-0.2, 0) is 0 Å². The van der Waals surface area contributed by atoms with Crippen molar-refractivity contribution in [1.82, 2.24) is 5.32 Å². The molecule has 9 heteroatoms. The molecule has 0 aromatic heterocycles. The van der Waals surface area contributed by atoms with Gasteiger partial charge in [-0.05, 0) is 42.5 Å². The standard InChI is InChI=1S/C22H19N3O5S/c26-21(19-11-4-5-12-20(19)25(27)28)24-22(31)23-16-7-6-10-18(15-16)30-14-13-29-17-8-2-1-3-9-17/h1-12,15H,13-14H2,(H2,23,24,26,31). The summed E-state index contributed by atoms with van der Waals surface area (Å²) in [5.74, 6) is 0.686. The molecule has 8 nitrogen and oxygen atoms in total. The minimum Gasteiger partial charge on any atom is -0.490 e. The number of nitrogens with zero attached hydrogens (tertiary/aromatic N) is 1. The van der Waals surface area contributed by atoms with E-state index in [1.165, 1.54) is 18.2 Å². The van der Waals surface area contributed by atoms with Crippen molar-refractivity contribution in [3.05, 3.63) is 94.5 Å². The molecule has 2 N–H and O–H groups in total. The van der Waals surface area contributed by atoms with Crippen LogP contribution in [0.1, 0.15) is 10.4 Å². The Labute approximate surface area is 184 Å². The van der Waals surface area contributed by atoms with Gasteiger partial charge in [-0.15, -0.1) is 0 Å². The predicted octanol–water partition coefficient (Wildman–Crippen LogP) is 4.18. The normalized spacial score (nSPS) is 10.1. The Hall–Kier alpha value is -3.98. The Morgan fingerprint density at radius 1 is 0.903 bits per heavy atom. The number of rotatable bonds is 8. The minimum absolute atomic E-state index is 0.00714. The number of hydrogen-bond acceptors (Lipinski definition) is 6. The summed E-state index contributed by atoms with van der Waals surface area (Å²) in [6.45, 7) is 0.725. The van der Waals surface area contributed by atoms with Crippen LogP contribution in [0.3, 0.4) is 0 Å². The molecule has 3 aromatic carbocycles. The van der Waals surface area contributed by atoms with Crippen LogP contribution in [0.25, 0.3) is 0 Å². The summed E-state index contributed by atoms with van der Waals surface area (Å²) in [5, 5.41) is 16.4. The van der Waals surface area contributed by atoms with Crippen LogP contribution in [0, 0.1) is 10.1 Å². The van der Waals surface area contributed by atoms with Crippen LogP contribution in [0.4, 0.5) is 11.4 Å². The summed E-state index contributed by atoms with van der Waals surface area (Å²) in [5.41, 5.74) is 0.220. The molecule has 0 saturated heterocycles. The summed E-state index contributed by atoms with van der Waals surface area (Å²) in [6.07, 6.45) is 0. The fourth-order valence-corrected chi connectivity index (χ4v) is 2.87. The molecule has 1 amide bonds. The van der Waals surface area contributed by atoms with Gasteiger partial charge in [-0.2, -0.15) is 0 Å². The van der Waals surface area contributed by atoms with Gasteiger partial charge in [0.15, 0.2) is 5.11 Å². The molecule has 0 aliphatic carbocycles. The zero-order valence-electron chi connectivity index (χ0n) is 16.3. The van der Waals surface area contributed by atoms with Gasteiger partial charge in [0.1, 0.15) is 30.3 Å². The summed E-state index contributed by atoms with van der Waals surface area (Å²) in [7, 11) is 0. The first-order valence-electron chi connectivity index (χ1n) is 9.29. The lowest BCUT2D eigenvalue weighted by atomic mass is 10.1. The van der Waals surface area contributed by atoms with Crippen molar-refractivity contribution >= 4 is 34.6 Å². The van der Waals surface area contributed by atoms with E-state index in [1.807, 2.05) is 30.3 Å². The Morgan fingerprint density at radius 2 is 1.55 bits per heavy atom. The Kier molecular flexibility index (Phi) is 7.50. The van der Waals surface area contributed by atoms with Crippen molar-refractivity contribution in [2.24, 2.45) is 0 Å². The lowest BCUT2D eigenvalue weighted by Gasteiger charge is -2.12. The molecule has 158 valence electrons. The topological polar surface area (TPSA) is 103 Å². The number of nitrogens with one attached hydrogen (secondary N) is 2. The fraction of sp³-hybridized carbons (Fsp3) is 0.0909. The van der Waals surface area contributed by atoms with Crippen molar-refractivity contribution in [3.63, 3.8) is 0 Å². The van der Waals surface area contributed by atoms with Gasteiger partial charge in [-0.25, -0.2) is 0 Å². The highest BCUT2D eigenvalue weighted by Gasteiger charge is 2.19. The summed E-state index contributed by atoms with van der Waals surface area (Å²) in [4.78, 5) is 22.8. The van der Waals surface area contributed by atoms with E-state index < -0.39 is 10.8 Å². The van der Waals surface area contributed by atoms with Crippen molar-refractivity contribution in [1.29, 1.82) is 0 Å². The third-order valence-electron chi connectivity index (χ3n) is 4.03. The smallest absolute Gasteiger partial charge is 0.282 e. The lowest BCUT2D eigenvalue weighted by molar-refractivity contribution is -0.385. The van der Waals surface area contributed by atoms with Crippen molar-refractivity contribution in [2.75, 3.05) is 18.5 Å². The van der Waals surface area contributed by atoms with Gasteiger partial charge >= 0.3 is 0 Å². The molecule has 0 aliphatic heterocycles. The number of nitro benzene ring substituents is 1. The van der Waals surface area contributed by atoms with Crippen LogP contribution in [0.5, 0.6) is 11.5 Å². The van der Waals surface area contributed by atoms with E-state index in [4.69, 9.17) is 21.7 Å². The van der Waals surface area contributed by atoms with Crippen molar-refractivity contribution in [3.8, 4) is 11.5 Å². The third kappa shape index (κ3) is 6.51. The van der Waals surface area contributed by atoms with Gasteiger partial charge in [0.2, 0.25) is 0 Å². The number of nitro groups is 1. The Balaban J connectivity index is 1.51. The van der Waals surface area contributed by atoms with Gasteiger partial charge in [-0.3, -0.25) is 20.2 Å². The molecule has 0 bridgehead atoms. The molecule has 0 aliphatic rings. The number of carbonyl (C=O) groups is 1. The fourth-order valence-electron chi connectivity index (χ4n) is 2.66. The second-order valence-corrected chi connectivity index (χ2v) is 6.63. The second-order valence-electron chi connectivity index (χ2n) is 6.22. The molecular formula is C22H19N3O5S. The Morgan fingerprint density at radius 3 is 2.29 bits per heavy atom. The highest BCUT2D eigenvalue weighted by Crippen LogP contribution is 2.19. The first-order valence-corrected chi connectivity index (χ1v) is 9.70. The van der Waals surface area contributed by atoms with Crippen molar-refractivity contribution in [2.45, 2.75) is 0 Å². The number of carbonyl (C=O) groups excluding carboxylic acids is 1. The van der Waals surface area contributed by atoms with E-state index in [9.17, 15) is 14.9 Å². The molecule has 0 atom stereocenters. The van der Waals surface area contributed by atoms with E-state index >= 15 is 0 Å². The van der Waals surface area contributed by atoms with E-state index in [0.29, 0.717) is 24.7 Å². The highest BCUT2D eigenvalue weighted by molar-refractivity contribution is 7.80. The third-order valence-corrected chi connectivity index (χ3v) is 4.23. The number of ether oxygens (including phenoxy) is 2. The maximum Gasteiger partial charge on any atom is 0.282 e. The molecule has 0 unspecified atom stereocenters. The SMILES string of the molecule is O=C(NC(=S)Nc1cccc(OCCOc2ccccc2)c1)c1ccccc1[N+](=O)[O-]. The number of anilines is 1. The number of hydrogen-bond donors (Lipinski definition) is 2. The van der Waals surface area contributed by atoms with E-state index in [0.717, 1.165) is 5.75 Å². The van der Waals surface area contributed by atoms with Gasteiger partial charge in [0, 0.05) is 17.8 Å². The predicted molar refractivity (Wildman–Crippen MR) is 121 cm³/mol. The molecule has 3 rings (SSSR count). The molecule has 31 heavy (non-hydrogen) atoms. The molecule has 0 spiro atoms. The van der Waals surface area contributed by atoms with E-state index in [-0.39, 0.29) is 16.4 Å². The monoisotopic (exact) mass is 437 g/mol. The van der Waals surface area contributed by atoms with E-state index in [1.54, 1.807) is 30.3 Å². The molecule has 0 fully saturated rings. The minimum atomic E-state index is -0.671. The summed E-state index contributed by atoms with van der Waals surface area (Å²) in [6, 6.07) is 22.1. The number of thiocarbonyl (C=S) groups is 1. The van der Waals surface area contributed by atoms with Gasteiger partial charge in [0.05, 0.1) is 4.92 Å². The van der Waals surface area contributed by atoms with E-state index in [2.05, 4.69) is 10.6 Å². The van der Waals surface area contributed by atoms with Crippen molar-refractivity contribution < 1.29 is 19.2 Å². The van der Waals surface area contributed by atoms with Crippen LogP contribution in [-0.4, -0.2) is 29.2 Å². The number of amides is 1. The molecule has 0 saturated carbocycles.